The normalized spacial score (nSPS) is 14.0. The maximum Gasteiger partial charge on any atom is 0.258 e. The van der Waals surface area contributed by atoms with Crippen LogP contribution in [0.25, 0.3) is 11.3 Å². The van der Waals surface area contributed by atoms with Crippen molar-refractivity contribution < 1.29 is 14.3 Å². The fourth-order valence-corrected chi connectivity index (χ4v) is 3.88. The highest BCUT2D eigenvalue weighted by Crippen LogP contribution is 2.43. The largest absolute Gasteiger partial charge is 0.490 e. The minimum Gasteiger partial charge on any atom is -0.490 e. The number of hydrogen-bond acceptors (Lipinski definition) is 4. The first-order chi connectivity index (χ1) is 15.1. The molecule has 2 N–H and O–H groups in total. The summed E-state index contributed by atoms with van der Waals surface area (Å²) in [6.07, 6.45) is 0. The van der Waals surface area contributed by atoms with Gasteiger partial charge in [0, 0.05) is 20.9 Å². The van der Waals surface area contributed by atoms with Crippen molar-refractivity contribution in [3.05, 3.63) is 81.4 Å². The van der Waals surface area contributed by atoms with Crippen LogP contribution < -0.4 is 20.1 Å². The van der Waals surface area contributed by atoms with E-state index >= 15 is 0 Å². The Morgan fingerprint density at radius 3 is 2.23 bits per heavy atom. The van der Waals surface area contributed by atoms with Crippen LogP contribution in [0.4, 0.5) is 11.4 Å². The molecule has 0 bridgehead atoms. The molecule has 3 aromatic rings. The maximum absolute atomic E-state index is 13.1. The first kappa shape index (κ1) is 21.2. The lowest BCUT2D eigenvalue weighted by molar-refractivity contribution is -0.110. The van der Waals surface area contributed by atoms with Gasteiger partial charge >= 0.3 is 0 Å². The molecule has 0 saturated carbocycles. The summed E-state index contributed by atoms with van der Waals surface area (Å²) in [6.45, 7) is 4.87. The molecule has 0 radical (unpaired) electrons. The number of nitrogens with one attached hydrogen (secondary N) is 2. The second-order valence-corrected chi connectivity index (χ2v) is 8.16. The zero-order valence-electron chi connectivity index (χ0n) is 17.4. The first-order valence-corrected chi connectivity index (χ1v) is 11.3. The summed E-state index contributed by atoms with van der Waals surface area (Å²) in [5, 5.41) is 6.46. The monoisotopic (exact) mass is 526 g/mol. The predicted octanol–water partition coefficient (Wildman–Crippen LogP) is 6.02. The van der Waals surface area contributed by atoms with E-state index in [1.165, 1.54) is 0 Å². The van der Waals surface area contributed by atoms with Gasteiger partial charge in [-0.3, -0.25) is 4.79 Å². The summed E-state index contributed by atoms with van der Waals surface area (Å²) in [6, 6.07) is 21.6. The number of carbonyl (C=O) groups excluding carboxylic acids is 1. The Morgan fingerprint density at radius 2 is 1.58 bits per heavy atom. The summed E-state index contributed by atoms with van der Waals surface area (Å²) in [5.74, 6) is 1.08. The average molecular weight is 526 g/mol. The number of ether oxygens (including phenoxy) is 2. The standard InChI is InChI=1S/C25H23IN2O3/c1-3-30-21-14-19-20(15-22(21)31-4-2)28-25(29)23(19)24(16-8-6-5-7-9-16)27-18-12-10-17(26)11-13-18/h5-15,27H,3-4H2,1-2H3,(H,28,29). The number of anilines is 2. The second kappa shape index (κ2) is 9.43. The molecule has 0 aliphatic carbocycles. The van der Waals surface area contributed by atoms with Crippen LogP contribution in [0.5, 0.6) is 11.5 Å². The molecule has 1 amide bonds. The number of fused-ring (bicyclic) bond motifs is 1. The van der Waals surface area contributed by atoms with Gasteiger partial charge < -0.3 is 20.1 Å². The maximum atomic E-state index is 13.1. The SMILES string of the molecule is CCOc1cc2c(cc1OCC)C(=C(Nc1ccc(I)cc1)c1ccccc1)C(=O)N2. The van der Waals surface area contributed by atoms with Gasteiger partial charge in [-0.1, -0.05) is 30.3 Å². The van der Waals surface area contributed by atoms with Gasteiger partial charge in [-0.05, 0) is 72.3 Å². The average Bonchev–Trinajstić information content (AvgIpc) is 3.09. The van der Waals surface area contributed by atoms with Gasteiger partial charge in [0.15, 0.2) is 11.5 Å². The lowest BCUT2D eigenvalue weighted by atomic mass is 9.99. The molecule has 6 heteroatoms. The fourth-order valence-electron chi connectivity index (χ4n) is 3.52. The molecular weight excluding hydrogens is 503 g/mol. The highest BCUT2D eigenvalue weighted by Gasteiger charge is 2.30. The molecule has 0 spiro atoms. The smallest absolute Gasteiger partial charge is 0.258 e. The number of carbonyl (C=O) groups is 1. The van der Waals surface area contributed by atoms with Crippen molar-refractivity contribution in [2.24, 2.45) is 0 Å². The van der Waals surface area contributed by atoms with Gasteiger partial charge in [0.25, 0.3) is 5.91 Å². The summed E-state index contributed by atoms with van der Waals surface area (Å²) in [5.41, 5.74) is 4.64. The highest BCUT2D eigenvalue weighted by molar-refractivity contribution is 14.1. The van der Waals surface area contributed by atoms with E-state index in [9.17, 15) is 4.79 Å². The summed E-state index contributed by atoms with van der Waals surface area (Å²) in [4.78, 5) is 13.1. The van der Waals surface area contributed by atoms with Gasteiger partial charge in [0.2, 0.25) is 0 Å². The molecular formula is C25H23IN2O3. The van der Waals surface area contributed by atoms with Gasteiger partial charge in [0.05, 0.1) is 30.2 Å². The van der Waals surface area contributed by atoms with Crippen LogP contribution in [0.15, 0.2) is 66.7 Å². The van der Waals surface area contributed by atoms with Crippen molar-refractivity contribution >= 4 is 51.1 Å². The van der Waals surface area contributed by atoms with E-state index < -0.39 is 0 Å². The molecule has 0 unspecified atom stereocenters. The molecule has 5 nitrogen and oxygen atoms in total. The Hall–Kier alpha value is -3.00. The second-order valence-electron chi connectivity index (χ2n) is 6.91. The van der Waals surface area contributed by atoms with Crippen molar-refractivity contribution in [2.75, 3.05) is 23.8 Å². The van der Waals surface area contributed by atoms with E-state index in [2.05, 4.69) is 33.2 Å². The topological polar surface area (TPSA) is 59.6 Å². The van der Waals surface area contributed by atoms with Gasteiger partial charge in [-0.2, -0.15) is 0 Å². The summed E-state index contributed by atoms with van der Waals surface area (Å²) < 4.78 is 12.7. The molecule has 158 valence electrons. The van der Waals surface area contributed by atoms with Crippen LogP contribution in [0.3, 0.4) is 0 Å². The molecule has 0 saturated heterocycles. The number of amides is 1. The van der Waals surface area contributed by atoms with Crippen LogP contribution in [0.1, 0.15) is 25.0 Å². The Balaban J connectivity index is 1.89. The Kier molecular flexibility index (Phi) is 6.46. The van der Waals surface area contributed by atoms with E-state index in [0.717, 1.165) is 26.1 Å². The van der Waals surface area contributed by atoms with E-state index in [0.29, 0.717) is 36.0 Å². The van der Waals surface area contributed by atoms with Crippen molar-refractivity contribution in [1.29, 1.82) is 0 Å². The van der Waals surface area contributed by atoms with E-state index in [4.69, 9.17) is 9.47 Å². The number of benzene rings is 3. The minimum atomic E-state index is -0.164. The zero-order chi connectivity index (χ0) is 21.8. The Morgan fingerprint density at radius 1 is 0.935 bits per heavy atom. The van der Waals surface area contributed by atoms with Crippen LogP contribution in [0.2, 0.25) is 0 Å². The molecule has 0 fully saturated rings. The number of rotatable bonds is 7. The van der Waals surface area contributed by atoms with E-state index in [-0.39, 0.29) is 5.91 Å². The highest BCUT2D eigenvalue weighted by atomic mass is 127. The van der Waals surface area contributed by atoms with Gasteiger partial charge in [-0.15, -0.1) is 0 Å². The van der Waals surface area contributed by atoms with Crippen LogP contribution in [0, 0.1) is 3.57 Å². The van der Waals surface area contributed by atoms with E-state index in [1.807, 2.05) is 80.6 Å². The lowest BCUT2D eigenvalue weighted by Crippen LogP contribution is -2.10. The Labute approximate surface area is 195 Å². The molecule has 0 atom stereocenters. The summed E-state index contributed by atoms with van der Waals surface area (Å²) in [7, 11) is 0. The molecule has 0 aromatic heterocycles. The molecule has 1 heterocycles. The molecule has 1 aliphatic rings. The minimum absolute atomic E-state index is 0.164. The third-order valence-electron chi connectivity index (χ3n) is 4.85. The van der Waals surface area contributed by atoms with E-state index in [1.54, 1.807) is 0 Å². The third kappa shape index (κ3) is 4.54. The van der Waals surface area contributed by atoms with Crippen molar-refractivity contribution in [3.63, 3.8) is 0 Å². The first-order valence-electron chi connectivity index (χ1n) is 10.2. The van der Waals surface area contributed by atoms with Crippen LogP contribution in [-0.2, 0) is 4.79 Å². The molecule has 4 rings (SSSR count). The zero-order valence-corrected chi connectivity index (χ0v) is 19.5. The molecule has 31 heavy (non-hydrogen) atoms. The van der Waals surface area contributed by atoms with Crippen molar-refractivity contribution in [3.8, 4) is 11.5 Å². The molecule has 3 aromatic carbocycles. The quantitative estimate of drug-likeness (QED) is 0.292. The Bertz CT molecular complexity index is 1130. The molecule has 1 aliphatic heterocycles. The van der Waals surface area contributed by atoms with Crippen molar-refractivity contribution in [2.45, 2.75) is 13.8 Å². The third-order valence-corrected chi connectivity index (χ3v) is 5.57. The van der Waals surface area contributed by atoms with Crippen LogP contribution in [-0.4, -0.2) is 19.1 Å². The fraction of sp³-hybridized carbons (Fsp3) is 0.160. The lowest BCUT2D eigenvalue weighted by Gasteiger charge is -2.16. The number of hydrogen-bond donors (Lipinski definition) is 2. The number of halogens is 1. The van der Waals surface area contributed by atoms with Gasteiger partial charge in [-0.25, -0.2) is 0 Å². The summed E-state index contributed by atoms with van der Waals surface area (Å²) >= 11 is 2.27. The van der Waals surface area contributed by atoms with Crippen molar-refractivity contribution in [1.82, 2.24) is 0 Å². The van der Waals surface area contributed by atoms with Gasteiger partial charge in [0.1, 0.15) is 0 Å². The van der Waals surface area contributed by atoms with Crippen LogP contribution >= 0.6 is 22.6 Å². The predicted molar refractivity (Wildman–Crippen MR) is 133 cm³/mol.